The molecule has 0 amide bonds. The van der Waals surface area contributed by atoms with Gasteiger partial charge in [-0.15, -0.1) is 0 Å². The van der Waals surface area contributed by atoms with Crippen LogP contribution in [0.4, 0.5) is 4.39 Å². The molecule has 0 saturated carbocycles. The van der Waals surface area contributed by atoms with Gasteiger partial charge in [-0.05, 0) is 30.7 Å². The summed E-state index contributed by atoms with van der Waals surface area (Å²) in [5.74, 6) is -0.209. The molecule has 2 heterocycles. The molecule has 28 heavy (non-hydrogen) atoms. The molecule has 0 radical (unpaired) electrons. The van der Waals surface area contributed by atoms with Crippen LogP contribution < -0.4 is 11.0 Å². The summed E-state index contributed by atoms with van der Waals surface area (Å²) in [6.07, 6.45) is 1.58. The average Bonchev–Trinajstić information content (AvgIpc) is 2.71. The lowest BCUT2D eigenvalue weighted by atomic mass is 10.1. The third-order valence-corrected chi connectivity index (χ3v) is 5.05. The summed E-state index contributed by atoms with van der Waals surface area (Å²) in [4.78, 5) is 31.0. The summed E-state index contributed by atoms with van der Waals surface area (Å²) >= 11 is 0. The monoisotopic (exact) mass is 377 g/mol. The van der Waals surface area contributed by atoms with Gasteiger partial charge >= 0.3 is 0 Å². The fourth-order valence-corrected chi connectivity index (χ4v) is 3.56. The fraction of sp³-hybridized carbons (Fsp3) is 0.227. The van der Waals surface area contributed by atoms with Gasteiger partial charge < -0.3 is 4.57 Å². The van der Waals surface area contributed by atoms with Crippen LogP contribution in [0.25, 0.3) is 33.3 Å². The number of unbranched alkanes of at least 4 members (excludes halogenated alkanes) is 1. The van der Waals surface area contributed by atoms with Crippen LogP contribution in [-0.2, 0) is 13.6 Å². The lowest BCUT2D eigenvalue weighted by molar-refractivity contribution is 0.601. The summed E-state index contributed by atoms with van der Waals surface area (Å²) in [6, 6.07) is 13.4. The van der Waals surface area contributed by atoms with Crippen molar-refractivity contribution in [3.63, 3.8) is 0 Å². The average molecular weight is 377 g/mol. The van der Waals surface area contributed by atoms with Crippen molar-refractivity contribution in [3.05, 3.63) is 74.9 Å². The highest BCUT2D eigenvalue weighted by molar-refractivity contribution is 5.91. The van der Waals surface area contributed by atoms with E-state index >= 15 is 0 Å². The molecule has 0 aliphatic rings. The number of para-hydroxylation sites is 1. The summed E-state index contributed by atoms with van der Waals surface area (Å²) in [5.41, 5.74) is 0.421. The number of nitrogens with zero attached hydrogens (tertiary/aromatic N) is 3. The normalized spacial score (nSPS) is 11.4. The quantitative estimate of drug-likeness (QED) is 0.508. The SMILES string of the molecule is CCCCn1c(-c2ccccc2F)nc2c(c(=O)c3ccccc3n2C)c1=O. The molecule has 0 bridgehead atoms. The van der Waals surface area contributed by atoms with Crippen LogP contribution >= 0.6 is 0 Å². The van der Waals surface area contributed by atoms with Crippen LogP contribution in [0.2, 0.25) is 0 Å². The standard InChI is InChI=1S/C22H20FN3O2/c1-3-4-13-26-20(14-9-5-7-11-16(14)23)24-21-18(22(26)28)19(27)15-10-6-8-12-17(15)25(21)2/h5-12H,3-4,13H2,1-2H3. The molecule has 0 atom stereocenters. The minimum Gasteiger partial charge on any atom is -0.328 e. The van der Waals surface area contributed by atoms with Crippen LogP contribution in [0, 0.1) is 5.82 Å². The van der Waals surface area contributed by atoms with Gasteiger partial charge in [0.05, 0.1) is 11.1 Å². The number of benzene rings is 2. The molecule has 0 aliphatic heterocycles. The first-order valence-corrected chi connectivity index (χ1v) is 9.31. The zero-order valence-corrected chi connectivity index (χ0v) is 15.8. The van der Waals surface area contributed by atoms with Gasteiger partial charge in [0.25, 0.3) is 5.56 Å². The first kappa shape index (κ1) is 18.1. The zero-order valence-electron chi connectivity index (χ0n) is 15.8. The number of hydrogen-bond donors (Lipinski definition) is 0. The fourth-order valence-electron chi connectivity index (χ4n) is 3.56. The van der Waals surface area contributed by atoms with Crippen LogP contribution in [0.15, 0.2) is 58.1 Å². The molecule has 6 heteroatoms. The highest BCUT2D eigenvalue weighted by Gasteiger charge is 2.20. The molecule has 0 N–H and O–H groups in total. The molecule has 0 fully saturated rings. The second-order valence-corrected chi connectivity index (χ2v) is 6.83. The first-order chi connectivity index (χ1) is 13.5. The highest BCUT2D eigenvalue weighted by Crippen LogP contribution is 2.23. The topological polar surface area (TPSA) is 56.9 Å². The van der Waals surface area contributed by atoms with E-state index in [0.717, 1.165) is 12.8 Å². The number of halogens is 1. The van der Waals surface area contributed by atoms with Crippen molar-refractivity contribution >= 4 is 21.9 Å². The summed E-state index contributed by atoms with van der Waals surface area (Å²) in [6.45, 7) is 2.38. The van der Waals surface area contributed by atoms with Gasteiger partial charge in [0.15, 0.2) is 5.65 Å². The third kappa shape index (κ3) is 2.72. The Morgan fingerprint density at radius 1 is 1.04 bits per heavy atom. The number of pyridine rings is 1. The van der Waals surface area contributed by atoms with E-state index in [4.69, 9.17) is 0 Å². The van der Waals surface area contributed by atoms with Gasteiger partial charge in [-0.25, -0.2) is 9.37 Å². The Morgan fingerprint density at radius 3 is 2.50 bits per heavy atom. The van der Waals surface area contributed by atoms with E-state index in [-0.39, 0.29) is 27.9 Å². The Morgan fingerprint density at radius 2 is 1.75 bits per heavy atom. The van der Waals surface area contributed by atoms with Crippen LogP contribution in [0.5, 0.6) is 0 Å². The van der Waals surface area contributed by atoms with E-state index in [1.54, 1.807) is 41.9 Å². The van der Waals surface area contributed by atoms with Crippen molar-refractivity contribution in [2.45, 2.75) is 26.3 Å². The molecule has 4 aromatic rings. The van der Waals surface area contributed by atoms with Gasteiger partial charge in [-0.2, -0.15) is 0 Å². The van der Waals surface area contributed by atoms with E-state index in [9.17, 15) is 14.0 Å². The Labute approximate surface area is 160 Å². The summed E-state index contributed by atoms with van der Waals surface area (Å²) in [5, 5.41) is 0.509. The molecule has 0 saturated heterocycles. The zero-order chi connectivity index (χ0) is 19.8. The van der Waals surface area contributed by atoms with Crippen molar-refractivity contribution in [2.24, 2.45) is 7.05 Å². The number of rotatable bonds is 4. The molecular formula is C22H20FN3O2. The highest BCUT2D eigenvalue weighted by atomic mass is 19.1. The van der Waals surface area contributed by atoms with Crippen molar-refractivity contribution in [1.82, 2.24) is 14.1 Å². The maximum Gasteiger partial charge on any atom is 0.267 e. The smallest absolute Gasteiger partial charge is 0.267 e. The Bertz CT molecular complexity index is 1320. The van der Waals surface area contributed by atoms with Crippen molar-refractivity contribution in [3.8, 4) is 11.4 Å². The predicted octanol–water partition coefficient (Wildman–Crippen LogP) is 3.85. The van der Waals surface area contributed by atoms with E-state index in [1.807, 2.05) is 19.1 Å². The Hall–Kier alpha value is -3.28. The number of hydrogen-bond acceptors (Lipinski definition) is 3. The summed E-state index contributed by atoms with van der Waals surface area (Å²) in [7, 11) is 1.76. The van der Waals surface area contributed by atoms with Gasteiger partial charge in [0.1, 0.15) is 17.0 Å². The lowest BCUT2D eigenvalue weighted by Gasteiger charge is -2.16. The molecule has 5 nitrogen and oxygen atoms in total. The molecule has 0 aliphatic carbocycles. The summed E-state index contributed by atoms with van der Waals surface area (Å²) < 4.78 is 17.7. The minimum absolute atomic E-state index is 0.0393. The molecular weight excluding hydrogens is 357 g/mol. The van der Waals surface area contributed by atoms with E-state index in [2.05, 4.69) is 4.98 Å². The van der Waals surface area contributed by atoms with Gasteiger partial charge in [0.2, 0.25) is 5.43 Å². The minimum atomic E-state index is -0.454. The molecule has 0 unspecified atom stereocenters. The van der Waals surface area contributed by atoms with Crippen molar-refractivity contribution in [1.29, 1.82) is 0 Å². The van der Waals surface area contributed by atoms with Gasteiger partial charge in [0, 0.05) is 19.0 Å². The maximum atomic E-state index is 14.5. The number of aryl methyl sites for hydroxylation is 1. The van der Waals surface area contributed by atoms with Gasteiger partial charge in [-0.1, -0.05) is 37.6 Å². The first-order valence-electron chi connectivity index (χ1n) is 9.31. The van der Waals surface area contributed by atoms with E-state index in [1.165, 1.54) is 10.6 Å². The molecule has 0 spiro atoms. The third-order valence-electron chi connectivity index (χ3n) is 5.05. The van der Waals surface area contributed by atoms with E-state index < -0.39 is 11.4 Å². The molecule has 4 rings (SSSR count). The Balaban J connectivity index is 2.19. The Kier molecular flexibility index (Phi) is 4.55. The molecule has 2 aromatic heterocycles. The number of aromatic nitrogens is 3. The van der Waals surface area contributed by atoms with Gasteiger partial charge in [-0.3, -0.25) is 14.2 Å². The predicted molar refractivity (Wildman–Crippen MR) is 109 cm³/mol. The van der Waals surface area contributed by atoms with Crippen LogP contribution in [-0.4, -0.2) is 14.1 Å². The maximum absolute atomic E-state index is 14.5. The largest absolute Gasteiger partial charge is 0.328 e. The second-order valence-electron chi connectivity index (χ2n) is 6.83. The number of fused-ring (bicyclic) bond motifs is 2. The van der Waals surface area contributed by atoms with E-state index in [0.29, 0.717) is 17.4 Å². The van der Waals surface area contributed by atoms with Crippen molar-refractivity contribution in [2.75, 3.05) is 0 Å². The molecule has 142 valence electrons. The van der Waals surface area contributed by atoms with Crippen LogP contribution in [0.1, 0.15) is 19.8 Å². The lowest BCUT2D eigenvalue weighted by Crippen LogP contribution is -2.29. The second kappa shape index (κ2) is 7.03. The van der Waals surface area contributed by atoms with Crippen LogP contribution in [0.3, 0.4) is 0 Å². The van der Waals surface area contributed by atoms with Crippen molar-refractivity contribution < 1.29 is 4.39 Å². The molecule has 2 aromatic carbocycles.